The van der Waals surface area contributed by atoms with Gasteiger partial charge in [0.2, 0.25) is 0 Å². The predicted octanol–water partition coefficient (Wildman–Crippen LogP) is 9.32. The van der Waals surface area contributed by atoms with Gasteiger partial charge in [0.1, 0.15) is 0 Å². The third-order valence-electron chi connectivity index (χ3n) is 7.01. The van der Waals surface area contributed by atoms with Gasteiger partial charge >= 0.3 is 0 Å². The first-order valence-corrected chi connectivity index (χ1v) is 12.9. The quantitative estimate of drug-likeness (QED) is 0.236. The molecule has 0 unspecified atom stereocenters. The Labute approximate surface area is 238 Å². The van der Waals surface area contributed by atoms with Crippen LogP contribution in [0.15, 0.2) is 139 Å². The molecule has 7 rings (SSSR count). The average molecular weight is 514 g/mol. The molecule has 6 aromatic carbocycles. The molecule has 0 spiro atoms. The molecule has 1 aromatic heterocycles. The van der Waals surface area contributed by atoms with Gasteiger partial charge in [-0.25, -0.2) is 9.97 Å². The highest BCUT2D eigenvalue weighted by Gasteiger charge is 2.15. The second kappa shape index (κ2) is 9.94. The van der Waals surface area contributed by atoms with E-state index in [0.717, 1.165) is 38.5 Å². The van der Waals surface area contributed by atoms with Crippen LogP contribution in [0.25, 0.3) is 66.6 Å². The monoisotopic (exact) mass is 513 g/mol. The summed E-state index contributed by atoms with van der Waals surface area (Å²) >= 11 is 0. The fourth-order valence-electron chi connectivity index (χ4n) is 5.03. The van der Waals surface area contributed by atoms with Crippen molar-refractivity contribution in [1.82, 2.24) is 9.97 Å². The summed E-state index contributed by atoms with van der Waals surface area (Å²) in [4.78, 5) is 9.99. The lowest BCUT2D eigenvalue weighted by atomic mass is 9.93. The van der Waals surface area contributed by atoms with E-state index in [1.54, 1.807) is 24.3 Å². The molecule has 0 saturated carbocycles. The van der Waals surface area contributed by atoms with E-state index in [9.17, 15) is 0 Å². The molecule has 0 saturated heterocycles. The van der Waals surface area contributed by atoms with Crippen LogP contribution in [0, 0.1) is 11.3 Å². The first kappa shape index (κ1) is 19.5. The van der Waals surface area contributed by atoms with Crippen LogP contribution in [0.1, 0.15) is 11.0 Å². The zero-order valence-electron chi connectivity index (χ0n) is 25.3. The van der Waals surface area contributed by atoms with Crippen LogP contribution < -0.4 is 0 Å². The molecular weight excluding hydrogens is 486 g/mol. The van der Waals surface area contributed by atoms with Crippen molar-refractivity contribution < 1.29 is 5.48 Å². The third-order valence-corrected chi connectivity index (χ3v) is 7.01. The number of benzene rings is 6. The van der Waals surface area contributed by atoms with E-state index in [2.05, 4.69) is 6.07 Å². The number of nitriles is 1. The Morgan fingerprint density at radius 1 is 0.500 bits per heavy atom. The van der Waals surface area contributed by atoms with Gasteiger partial charge in [-0.05, 0) is 57.3 Å². The van der Waals surface area contributed by atoms with E-state index in [4.69, 9.17) is 20.7 Å². The van der Waals surface area contributed by atoms with E-state index < -0.39 is 0 Å². The minimum absolute atomic E-state index is 0.128. The van der Waals surface area contributed by atoms with Gasteiger partial charge in [-0.15, -0.1) is 0 Å². The maximum Gasteiger partial charge on any atom is 0.161 e. The summed E-state index contributed by atoms with van der Waals surface area (Å²) in [6, 6.07) is 37.5. The Bertz CT molecular complexity index is 2250. The Morgan fingerprint density at radius 2 is 1.10 bits per heavy atom. The number of fused-ring (bicyclic) bond motifs is 2. The lowest BCUT2D eigenvalue weighted by Gasteiger charge is -2.14. The molecule has 0 fully saturated rings. The highest BCUT2D eigenvalue weighted by molar-refractivity contribution is 6.05. The normalized spacial score (nSPS) is 12.4. The number of nitrogens with zero attached hydrogens (tertiary/aromatic N) is 3. The molecule has 40 heavy (non-hydrogen) atoms. The van der Waals surface area contributed by atoms with Crippen molar-refractivity contribution >= 4 is 21.7 Å². The zero-order chi connectivity index (χ0) is 30.4. The van der Waals surface area contributed by atoms with Crippen LogP contribution in [0.4, 0.5) is 0 Å². The maximum atomic E-state index is 9.16. The Balaban J connectivity index is 1.44. The van der Waals surface area contributed by atoms with E-state index in [1.165, 1.54) is 0 Å². The second-order valence-corrected chi connectivity index (χ2v) is 9.42. The Kier molecular flexibility index (Phi) is 4.84. The number of rotatable bonds is 4. The Morgan fingerprint density at radius 3 is 1.82 bits per heavy atom. The fourth-order valence-corrected chi connectivity index (χ4v) is 5.03. The predicted molar refractivity (Wildman–Crippen MR) is 164 cm³/mol. The molecule has 0 aliphatic rings. The molecule has 186 valence electrons. The van der Waals surface area contributed by atoms with Crippen molar-refractivity contribution in [3.05, 3.63) is 145 Å². The molecule has 0 radical (unpaired) electrons. The molecule has 0 N–H and O–H groups in total. The van der Waals surface area contributed by atoms with Gasteiger partial charge in [0.25, 0.3) is 0 Å². The zero-order valence-corrected chi connectivity index (χ0v) is 21.3. The van der Waals surface area contributed by atoms with Crippen LogP contribution in [0.3, 0.4) is 0 Å². The lowest BCUT2D eigenvalue weighted by Crippen LogP contribution is -1.96. The summed E-state index contributed by atoms with van der Waals surface area (Å²) in [6.45, 7) is 0. The third kappa shape index (κ3) is 4.18. The van der Waals surface area contributed by atoms with Gasteiger partial charge in [-0.1, -0.05) is 115 Å². The van der Waals surface area contributed by atoms with Crippen molar-refractivity contribution in [2.24, 2.45) is 0 Å². The topological polar surface area (TPSA) is 49.6 Å². The van der Waals surface area contributed by atoms with Gasteiger partial charge in [-0.3, -0.25) is 0 Å². The summed E-state index contributed by atoms with van der Waals surface area (Å²) in [5.41, 5.74) is 5.44. The number of hydrogen-bond acceptors (Lipinski definition) is 3. The first-order chi connectivity index (χ1) is 21.5. The molecule has 3 heteroatoms. The highest BCUT2D eigenvalue weighted by Crippen LogP contribution is 2.37. The van der Waals surface area contributed by atoms with Crippen molar-refractivity contribution in [3.63, 3.8) is 0 Å². The van der Waals surface area contributed by atoms with Gasteiger partial charge < -0.3 is 0 Å². The van der Waals surface area contributed by atoms with Gasteiger partial charge in [0.15, 0.2) is 5.82 Å². The van der Waals surface area contributed by atoms with Gasteiger partial charge in [0, 0.05) is 16.5 Å². The Hall–Kier alpha value is -5.59. The molecular formula is C37H23N3. The largest absolute Gasteiger partial charge is 0.228 e. The smallest absolute Gasteiger partial charge is 0.161 e. The van der Waals surface area contributed by atoms with Crippen LogP contribution in [0.5, 0.6) is 0 Å². The van der Waals surface area contributed by atoms with Crippen LogP contribution in [0.2, 0.25) is 0 Å². The molecule has 0 aliphatic carbocycles. The van der Waals surface area contributed by atoms with Gasteiger partial charge in [0.05, 0.1) is 28.3 Å². The molecule has 7 aromatic rings. The molecule has 0 aliphatic heterocycles. The van der Waals surface area contributed by atoms with Gasteiger partial charge in [-0.2, -0.15) is 5.26 Å². The standard InChI is InChI=1S/C37H23N3/c38-24-25-14-16-26(17-15-25)27-18-20-28(21-19-27)30-22-23-33(32-11-5-4-10-31(30)32)37-39-35-13-7-6-12-34(35)36(40-37)29-8-2-1-3-9-29/h1-23H/i18D,19D,20D,21D. The minimum atomic E-state index is -0.135. The summed E-state index contributed by atoms with van der Waals surface area (Å²) in [5.74, 6) is 0.557. The van der Waals surface area contributed by atoms with Crippen molar-refractivity contribution in [2.45, 2.75) is 0 Å². The van der Waals surface area contributed by atoms with Crippen LogP contribution in [-0.4, -0.2) is 9.97 Å². The van der Waals surface area contributed by atoms with Crippen LogP contribution >= 0.6 is 0 Å². The van der Waals surface area contributed by atoms with E-state index >= 15 is 0 Å². The maximum absolute atomic E-state index is 9.16. The second-order valence-electron chi connectivity index (χ2n) is 9.42. The molecule has 0 bridgehead atoms. The SMILES string of the molecule is [2H]c1c([2H])c(-c2ccc(-c3nc(-c4ccccc4)c4ccccc4n3)c3ccccc23)c([2H])c([2H])c1-c1ccc(C#N)cc1. The van der Waals surface area contributed by atoms with E-state index in [1.807, 2.05) is 91.0 Å². The number of aromatic nitrogens is 2. The molecule has 3 nitrogen and oxygen atoms in total. The average Bonchev–Trinajstić information content (AvgIpc) is 3.08. The summed E-state index contributed by atoms with van der Waals surface area (Å²) in [5, 5.41) is 11.7. The van der Waals surface area contributed by atoms with Crippen molar-refractivity contribution in [1.29, 1.82) is 5.26 Å². The van der Waals surface area contributed by atoms with E-state index in [0.29, 0.717) is 22.5 Å². The summed E-state index contributed by atoms with van der Waals surface area (Å²) < 4.78 is 35.7. The number of hydrogen-bond donors (Lipinski definition) is 0. The lowest BCUT2D eigenvalue weighted by molar-refractivity contribution is 1.23. The van der Waals surface area contributed by atoms with Crippen molar-refractivity contribution in [3.8, 4) is 51.0 Å². The first-order valence-electron chi connectivity index (χ1n) is 14.9. The highest BCUT2D eigenvalue weighted by atomic mass is 14.9. The molecule has 0 amide bonds. The summed E-state index contributed by atoms with van der Waals surface area (Å²) in [6.07, 6.45) is 0. The summed E-state index contributed by atoms with van der Waals surface area (Å²) in [7, 11) is 0. The molecule has 1 heterocycles. The minimum Gasteiger partial charge on any atom is -0.228 e. The van der Waals surface area contributed by atoms with Crippen LogP contribution in [-0.2, 0) is 0 Å². The number of para-hydroxylation sites is 1. The fraction of sp³-hybridized carbons (Fsp3) is 0. The van der Waals surface area contributed by atoms with Crippen molar-refractivity contribution in [2.75, 3.05) is 0 Å². The molecule has 0 atom stereocenters. The van der Waals surface area contributed by atoms with E-state index in [-0.39, 0.29) is 35.3 Å².